The van der Waals surface area contributed by atoms with Crippen molar-refractivity contribution in [2.75, 3.05) is 12.6 Å². The highest BCUT2D eigenvalue weighted by Crippen LogP contribution is 2.11. The maximum Gasteiger partial charge on any atom is 0.152 e. The van der Waals surface area contributed by atoms with Gasteiger partial charge >= 0.3 is 0 Å². The van der Waals surface area contributed by atoms with Crippen LogP contribution in [0, 0.1) is 0 Å². The molecule has 0 fully saturated rings. The second kappa shape index (κ2) is 5.19. The van der Waals surface area contributed by atoms with Gasteiger partial charge in [0.15, 0.2) is 5.78 Å². The number of carbonyl (C=O) groups is 1. The first kappa shape index (κ1) is 10.5. The Bertz CT molecular complexity index is 345. The van der Waals surface area contributed by atoms with Crippen LogP contribution in [0.25, 0.3) is 6.08 Å². The van der Waals surface area contributed by atoms with Crippen LogP contribution in [0.5, 0.6) is 0 Å². The van der Waals surface area contributed by atoms with E-state index >= 15 is 0 Å². The fourth-order valence-corrected chi connectivity index (χ4v) is 1.04. The number of benzene rings is 1. The lowest BCUT2D eigenvalue weighted by Gasteiger charge is -2.02. The largest absolute Gasteiger partial charge is 0.295 e. The minimum Gasteiger partial charge on any atom is -0.295 e. The van der Waals surface area contributed by atoms with Gasteiger partial charge in [-0.15, -0.1) is 0 Å². The van der Waals surface area contributed by atoms with E-state index in [0.717, 1.165) is 11.3 Å². The number of carbonyl (C=O) groups excluding carboxylic acids is 1. The average molecular weight is 191 g/mol. The summed E-state index contributed by atoms with van der Waals surface area (Å²) in [6, 6.07) is 7.58. The van der Waals surface area contributed by atoms with E-state index < -0.39 is 0 Å². The average Bonchev–Trinajstić information content (AvgIpc) is 2.16. The molecule has 0 spiro atoms. The van der Waals surface area contributed by atoms with Crippen molar-refractivity contribution in [1.82, 2.24) is 0 Å². The van der Waals surface area contributed by atoms with Crippen LogP contribution in [0.1, 0.15) is 12.5 Å². The first-order valence-electron chi connectivity index (χ1n) is 4.30. The number of anilines is 1. The normalized spacial score (nSPS) is 10.4. The Morgan fingerprint density at radius 1 is 1.50 bits per heavy atom. The van der Waals surface area contributed by atoms with Crippen molar-refractivity contribution in [3.05, 3.63) is 35.9 Å². The number of hydrogen-bond acceptors (Lipinski definition) is 3. The van der Waals surface area contributed by atoms with E-state index in [4.69, 9.17) is 4.84 Å². The fourth-order valence-electron chi connectivity index (χ4n) is 1.04. The summed E-state index contributed by atoms with van der Waals surface area (Å²) in [6.07, 6.45) is 3.30. The Morgan fingerprint density at radius 3 is 2.93 bits per heavy atom. The zero-order chi connectivity index (χ0) is 10.4. The van der Waals surface area contributed by atoms with Gasteiger partial charge in [0, 0.05) is 0 Å². The summed E-state index contributed by atoms with van der Waals surface area (Å²) in [5.41, 5.74) is 4.54. The molecule has 0 unspecified atom stereocenters. The van der Waals surface area contributed by atoms with Gasteiger partial charge < -0.3 is 0 Å². The molecule has 0 heterocycles. The molecule has 0 atom stereocenters. The Kier molecular flexibility index (Phi) is 3.88. The van der Waals surface area contributed by atoms with Crippen molar-refractivity contribution in [1.29, 1.82) is 0 Å². The number of rotatable bonds is 4. The van der Waals surface area contributed by atoms with Crippen molar-refractivity contribution in [2.24, 2.45) is 0 Å². The molecular formula is C11H13NO2. The van der Waals surface area contributed by atoms with Gasteiger partial charge in [0.05, 0.1) is 12.8 Å². The van der Waals surface area contributed by atoms with Crippen molar-refractivity contribution < 1.29 is 9.63 Å². The fraction of sp³-hybridized carbons (Fsp3) is 0.182. The molecule has 3 nitrogen and oxygen atoms in total. The Balaban J connectivity index is 2.77. The zero-order valence-corrected chi connectivity index (χ0v) is 8.28. The van der Waals surface area contributed by atoms with Gasteiger partial charge in [0.2, 0.25) is 0 Å². The Labute approximate surface area is 83.3 Å². The molecule has 74 valence electrons. The molecule has 14 heavy (non-hydrogen) atoms. The van der Waals surface area contributed by atoms with Crippen molar-refractivity contribution in [2.45, 2.75) is 6.92 Å². The second-order valence-electron chi connectivity index (χ2n) is 2.88. The minimum atomic E-state index is 0.0371. The van der Waals surface area contributed by atoms with Gasteiger partial charge in [0.25, 0.3) is 0 Å². The third-order valence-electron chi connectivity index (χ3n) is 1.62. The lowest BCUT2D eigenvalue weighted by Crippen LogP contribution is -1.94. The van der Waals surface area contributed by atoms with Crippen LogP contribution in [0.4, 0.5) is 5.69 Å². The van der Waals surface area contributed by atoms with E-state index in [9.17, 15) is 4.79 Å². The van der Waals surface area contributed by atoms with Gasteiger partial charge in [-0.1, -0.05) is 18.2 Å². The molecule has 0 amide bonds. The zero-order valence-electron chi connectivity index (χ0n) is 8.28. The lowest BCUT2D eigenvalue weighted by molar-refractivity contribution is -0.112. The van der Waals surface area contributed by atoms with E-state index in [1.165, 1.54) is 13.0 Å². The third-order valence-corrected chi connectivity index (χ3v) is 1.62. The van der Waals surface area contributed by atoms with Crippen LogP contribution >= 0.6 is 0 Å². The predicted octanol–water partition coefficient (Wildman–Crippen LogP) is 2.26. The molecule has 0 aromatic heterocycles. The summed E-state index contributed by atoms with van der Waals surface area (Å²) in [5.74, 6) is 0.0371. The summed E-state index contributed by atoms with van der Waals surface area (Å²) in [7, 11) is 1.55. The maximum absolute atomic E-state index is 10.7. The molecule has 0 saturated heterocycles. The van der Waals surface area contributed by atoms with E-state index in [0.29, 0.717) is 0 Å². The lowest BCUT2D eigenvalue weighted by atomic mass is 10.2. The molecule has 0 saturated carbocycles. The van der Waals surface area contributed by atoms with Crippen LogP contribution in [0.2, 0.25) is 0 Å². The van der Waals surface area contributed by atoms with Gasteiger partial charge in [-0.25, -0.2) is 0 Å². The first-order chi connectivity index (χ1) is 6.72. The van der Waals surface area contributed by atoms with E-state index in [1.54, 1.807) is 13.2 Å². The van der Waals surface area contributed by atoms with Crippen LogP contribution in [-0.2, 0) is 9.63 Å². The van der Waals surface area contributed by atoms with E-state index in [2.05, 4.69) is 5.48 Å². The number of ketones is 1. The van der Waals surface area contributed by atoms with Crippen LogP contribution < -0.4 is 5.48 Å². The highest BCUT2D eigenvalue weighted by Gasteiger charge is 1.91. The number of hydrogen-bond donors (Lipinski definition) is 1. The molecule has 0 radical (unpaired) electrons. The molecule has 0 aliphatic rings. The first-order valence-corrected chi connectivity index (χ1v) is 4.30. The molecular weight excluding hydrogens is 178 g/mol. The maximum atomic E-state index is 10.7. The molecule has 1 aromatic rings. The van der Waals surface area contributed by atoms with Crippen molar-refractivity contribution >= 4 is 17.5 Å². The molecule has 0 bridgehead atoms. The smallest absolute Gasteiger partial charge is 0.152 e. The topological polar surface area (TPSA) is 38.3 Å². The number of allylic oxidation sites excluding steroid dienone is 1. The molecule has 0 aliphatic carbocycles. The van der Waals surface area contributed by atoms with Gasteiger partial charge in [0.1, 0.15) is 0 Å². The Morgan fingerprint density at radius 2 is 2.29 bits per heavy atom. The van der Waals surface area contributed by atoms with Crippen LogP contribution in [0.15, 0.2) is 30.3 Å². The monoisotopic (exact) mass is 191 g/mol. The van der Waals surface area contributed by atoms with E-state index in [1.807, 2.05) is 24.3 Å². The Hall–Kier alpha value is -1.61. The van der Waals surface area contributed by atoms with Crippen molar-refractivity contribution in [3.63, 3.8) is 0 Å². The summed E-state index contributed by atoms with van der Waals surface area (Å²) in [6.45, 7) is 1.52. The standard InChI is InChI=1S/C11H13NO2/c1-9(13)6-7-10-4-3-5-11(8-10)12-14-2/h3-8,12H,1-2H3/b7-6+. The summed E-state index contributed by atoms with van der Waals surface area (Å²) < 4.78 is 0. The summed E-state index contributed by atoms with van der Waals surface area (Å²) in [4.78, 5) is 15.5. The van der Waals surface area contributed by atoms with Crippen molar-refractivity contribution in [3.8, 4) is 0 Å². The summed E-state index contributed by atoms with van der Waals surface area (Å²) >= 11 is 0. The predicted molar refractivity (Wildman–Crippen MR) is 56.8 cm³/mol. The van der Waals surface area contributed by atoms with Gasteiger partial charge in [-0.3, -0.25) is 15.1 Å². The SMILES string of the molecule is CONc1cccc(/C=C/C(C)=O)c1. The van der Waals surface area contributed by atoms with Crippen LogP contribution in [-0.4, -0.2) is 12.9 Å². The molecule has 0 aliphatic heterocycles. The minimum absolute atomic E-state index is 0.0371. The second-order valence-corrected chi connectivity index (χ2v) is 2.88. The summed E-state index contributed by atoms with van der Waals surface area (Å²) in [5, 5.41) is 0. The molecule has 1 rings (SSSR count). The number of nitrogens with one attached hydrogen (secondary N) is 1. The highest BCUT2D eigenvalue weighted by atomic mass is 16.6. The molecule has 3 heteroatoms. The molecule has 1 N–H and O–H groups in total. The highest BCUT2D eigenvalue weighted by molar-refractivity contribution is 5.91. The molecule has 1 aromatic carbocycles. The van der Waals surface area contributed by atoms with Crippen LogP contribution in [0.3, 0.4) is 0 Å². The third kappa shape index (κ3) is 3.41. The van der Waals surface area contributed by atoms with Gasteiger partial charge in [-0.05, 0) is 30.7 Å². The van der Waals surface area contributed by atoms with E-state index in [-0.39, 0.29) is 5.78 Å². The quantitative estimate of drug-likeness (QED) is 0.586. The van der Waals surface area contributed by atoms with Gasteiger partial charge in [-0.2, -0.15) is 0 Å².